The standard InChI is InChI=1S/C11H24N2O/c1-4-14-7-5-6-13-9-10(2)12-8-11(13)3/h10-12H,4-9H2,1-3H3. The van der Waals surface area contributed by atoms with E-state index in [1.807, 2.05) is 0 Å². The fourth-order valence-electron chi connectivity index (χ4n) is 1.92. The minimum atomic E-state index is 0.637. The molecular formula is C11H24N2O. The van der Waals surface area contributed by atoms with E-state index in [1.165, 1.54) is 13.1 Å². The Labute approximate surface area is 87.8 Å². The molecular weight excluding hydrogens is 176 g/mol. The molecule has 1 aliphatic heterocycles. The Morgan fingerprint density at radius 2 is 2.21 bits per heavy atom. The van der Waals surface area contributed by atoms with Gasteiger partial charge in [0.2, 0.25) is 0 Å². The summed E-state index contributed by atoms with van der Waals surface area (Å²) >= 11 is 0. The molecule has 0 aromatic carbocycles. The van der Waals surface area contributed by atoms with Crippen LogP contribution in [0.15, 0.2) is 0 Å². The van der Waals surface area contributed by atoms with E-state index in [0.29, 0.717) is 12.1 Å². The van der Waals surface area contributed by atoms with Crippen molar-refractivity contribution in [1.29, 1.82) is 0 Å². The van der Waals surface area contributed by atoms with E-state index in [-0.39, 0.29) is 0 Å². The zero-order chi connectivity index (χ0) is 10.4. The number of rotatable bonds is 5. The second-order valence-electron chi connectivity index (χ2n) is 4.20. The quantitative estimate of drug-likeness (QED) is 0.673. The SMILES string of the molecule is CCOCCCN1CC(C)NCC1C. The average Bonchev–Trinajstić information content (AvgIpc) is 2.18. The van der Waals surface area contributed by atoms with Gasteiger partial charge in [-0.3, -0.25) is 4.90 Å². The zero-order valence-corrected chi connectivity index (χ0v) is 9.75. The van der Waals surface area contributed by atoms with Crippen LogP contribution < -0.4 is 5.32 Å². The van der Waals surface area contributed by atoms with E-state index in [0.717, 1.165) is 26.2 Å². The molecule has 1 heterocycles. The summed E-state index contributed by atoms with van der Waals surface area (Å²) in [5, 5.41) is 3.49. The molecule has 0 aromatic heterocycles. The number of piperazine rings is 1. The van der Waals surface area contributed by atoms with Gasteiger partial charge in [-0.2, -0.15) is 0 Å². The Hall–Kier alpha value is -0.120. The lowest BCUT2D eigenvalue weighted by molar-refractivity contribution is 0.105. The van der Waals surface area contributed by atoms with Crippen LogP contribution in [-0.4, -0.2) is 49.8 Å². The normalized spacial score (nSPS) is 29.4. The molecule has 1 saturated heterocycles. The summed E-state index contributed by atoms with van der Waals surface area (Å²) in [5.74, 6) is 0. The monoisotopic (exact) mass is 200 g/mol. The molecule has 14 heavy (non-hydrogen) atoms. The van der Waals surface area contributed by atoms with Gasteiger partial charge in [0.15, 0.2) is 0 Å². The predicted octanol–water partition coefficient (Wildman–Crippen LogP) is 1.10. The fourth-order valence-corrected chi connectivity index (χ4v) is 1.92. The van der Waals surface area contributed by atoms with Crippen molar-refractivity contribution in [3.8, 4) is 0 Å². The van der Waals surface area contributed by atoms with Crippen molar-refractivity contribution in [2.45, 2.75) is 39.3 Å². The van der Waals surface area contributed by atoms with E-state index >= 15 is 0 Å². The van der Waals surface area contributed by atoms with Crippen LogP contribution in [0, 0.1) is 0 Å². The third-order valence-corrected chi connectivity index (χ3v) is 2.83. The zero-order valence-electron chi connectivity index (χ0n) is 9.75. The maximum Gasteiger partial charge on any atom is 0.0478 e. The van der Waals surface area contributed by atoms with Gasteiger partial charge >= 0.3 is 0 Å². The molecule has 0 spiro atoms. The molecule has 84 valence electrons. The van der Waals surface area contributed by atoms with Crippen LogP contribution in [0.3, 0.4) is 0 Å². The molecule has 2 unspecified atom stereocenters. The van der Waals surface area contributed by atoms with Gasteiger partial charge in [-0.15, -0.1) is 0 Å². The van der Waals surface area contributed by atoms with Crippen molar-refractivity contribution in [1.82, 2.24) is 10.2 Å². The smallest absolute Gasteiger partial charge is 0.0478 e. The molecule has 3 nitrogen and oxygen atoms in total. The first-order chi connectivity index (χ1) is 6.74. The second-order valence-corrected chi connectivity index (χ2v) is 4.20. The molecule has 1 aliphatic rings. The van der Waals surface area contributed by atoms with Gasteiger partial charge in [0.25, 0.3) is 0 Å². The van der Waals surface area contributed by atoms with E-state index in [1.54, 1.807) is 0 Å². The largest absolute Gasteiger partial charge is 0.382 e. The Morgan fingerprint density at radius 3 is 2.93 bits per heavy atom. The fraction of sp³-hybridized carbons (Fsp3) is 1.00. The number of nitrogens with zero attached hydrogens (tertiary/aromatic N) is 1. The van der Waals surface area contributed by atoms with Crippen molar-refractivity contribution in [2.75, 3.05) is 32.8 Å². The number of nitrogens with one attached hydrogen (secondary N) is 1. The highest BCUT2D eigenvalue weighted by atomic mass is 16.5. The highest BCUT2D eigenvalue weighted by molar-refractivity contribution is 4.80. The summed E-state index contributed by atoms with van der Waals surface area (Å²) in [6, 6.07) is 1.31. The topological polar surface area (TPSA) is 24.5 Å². The van der Waals surface area contributed by atoms with Crippen LogP contribution in [0.4, 0.5) is 0 Å². The van der Waals surface area contributed by atoms with E-state index in [9.17, 15) is 0 Å². The molecule has 0 radical (unpaired) electrons. The molecule has 1 fully saturated rings. The summed E-state index contributed by atoms with van der Waals surface area (Å²) < 4.78 is 5.34. The Morgan fingerprint density at radius 1 is 1.43 bits per heavy atom. The summed E-state index contributed by atoms with van der Waals surface area (Å²) in [7, 11) is 0. The van der Waals surface area contributed by atoms with Gasteiger partial charge in [-0.05, 0) is 27.2 Å². The third kappa shape index (κ3) is 3.95. The average molecular weight is 200 g/mol. The predicted molar refractivity (Wildman–Crippen MR) is 59.6 cm³/mol. The van der Waals surface area contributed by atoms with Crippen LogP contribution in [0.2, 0.25) is 0 Å². The summed E-state index contributed by atoms with van der Waals surface area (Å²) in [5.41, 5.74) is 0. The molecule has 2 atom stereocenters. The molecule has 0 aliphatic carbocycles. The Balaban J connectivity index is 2.14. The summed E-state index contributed by atoms with van der Waals surface area (Å²) in [6.07, 6.45) is 1.16. The maximum absolute atomic E-state index is 5.34. The lowest BCUT2D eigenvalue weighted by atomic mass is 10.1. The van der Waals surface area contributed by atoms with Crippen LogP contribution in [-0.2, 0) is 4.74 Å². The van der Waals surface area contributed by atoms with Gasteiger partial charge in [0, 0.05) is 44.9 Å². The number of hydrogen-bond donors (Lipinski definition) is 1. The molecule has 0 bridgehead atoms. The highest BCUT2D eigenvalue weighted by Crippen LogP contribution is 2.06. The highest BCUT2D eigenvalue weighted by Gasteiger charge is 2.21. The molecule has 1 rings (SSSR count). The van der Waals surface area contributed by atoms with Crippen LogP contribution in [0.1, 0.15) is 27.2 Å². The minimum absolute atomic E-state index is 0.637. The van der Waals surface area contributed by atoms with Gasteiger partial charge in [-0.25, -0.2) is 0 Å². The third-order valence-electron chi connectivity index (χ3n) is 2.83. The maximum atomic E-state index is 5.34. The molecule has 0 saturated carbocycles. The first-order valence-electron chi connectivity index (χ1n) is 5.79. The van der Waals surface area contributed by atoms with Gasteiger partial charge in [0.1, 0.15) is 0 Å². The molecule has 0 aromatic rings. The minimum Gasteiger partial charge on any atom is -0.382 e. The first-order valence-corrected chi connectivity index (χ1v) is 5.79. The Kier molecular flexibility index (Phi) is 5.45. The van der Waals surface area contributed by atoms with E-state index < -0.39 is 0 Å². The first kappa shape index (κ1) is 12.0. The van der Waals surface area contributed by atoms with E-state index in [4.69, 9.17) is 4.74 Å². The van der Waals surface area contributed by atoms with E-state index in [2.05, 4.69) is 31.0 Å². The van der Waals surface area contributed by atoms with Gasteiger partial charge in [-0.1, -0.05) is 0 Å². The van der Waals surface area contributed by atoms with Gasteiger partial charge in [0.05, 0.1) is 0 Å². The lowest BCUT2D eigenvalue weighted by Crippen LogP contribution is -2.54. The van der Waals surface area contributed by atoms with Crippen molar-refractivity contribution < 1.29 is 4.74 Å². The number of hydrogen-bond acceptors (Lipinski definition) is 3. The van der Waals surface area contributed by atoms with Crippen LogP contribution in [0.5, 0.6) is 0 Å². The molecule has 0 amide bonds. The summed E-state index contributed by atoms with van der Waals surface area (Å²) in [6.45, 7) is 11.8. The van der Waals surface area contributed by atoms with Crippen molar-refractivity contribution in [3.05, 3.63) is 0 Å². The lowest BCUT2D eigenvalue weighted by Gasteiger charge is -2.37. The van der Waals surface area contributed by atoms with Gasteiger partial charge < -0.3 is 10.1 Å². The van der Waals surface area contributed by atoms with Crippen molar-refractivity contribution in [3.63, 3.8) is 0 Å². The van der Waals surface area contributed by atoms with Crippen molar-refractivity contribution in [2.24, 2.45) is 0 Å². The van der Waals surface area contributed by atoms with Crippen LogP contribution >= 0.6 is 0 Å². The van der Waals surface area contributed by atoms with Crippen LogP contribution in [0.25, 0.3) is 0 Å². The summed E-state index contributed by atoms with van der Waals surface area (Å²) in [4.78, 5) is 2.56. The molecule has 1 N–H and O–H groups in total. The van der Waals surface area contributed by atoms with Crippen molar-refractivity contribution >= 4 is 0 Å². The second kappa shape index (κ2) is 6.38. The number of ether oxygens (including phenoxy) is 1. The molecule has 3 heteroatoms. The Bertz CT molecular complexity index is 152.